The molecule has 10 rings (SSSR count). The zero-order valence-electron chi connectivity index (χ0n) is 46.3. The fourth-order valence-corrected chi connectivity index (χ4v) is 11.7. The SMILES string of the molecule is CC(=O)C[C@H]1C[C@@H](/C=C/c2c(C(C)C)nc3c(c2-c2ccc(F)c(C(=O)O)c2)CCCc2ccccc2-3)OC(C)(C)O1.CC(C)c1nc2c(c(-c3ccc(F)c(C(=O)O)c3)c1/C=C/[C@@H]1CC(O)CC(=O)O1)CCCc1ccccc1-2. The van der Waals surface area contributed by atoms with Gasteiger partial charge in [-0.1, -0.05) is 107 Å². The molecule has 4 atom stereocenters. The number of aromatic carboxylic acids is 2. The standard InChI is InChI=1S/C35H38FNO5.C31H30FNO5/c1-20(2)32-28(15-14-24-19-25(17-21(3)38)42-35(4,5)41-24)31(23-13-16-30(36)29(18-23)34(39)40)27-12-8-10-22-9-6-7-11-26(22)33(27)37-32;1-17(2)29-24(12-11-21-15-20(34)16-27(35)38-21)28(19-10-13-26(32)25(14-19)31(36)37)23-9-5-7-18-6-3-4-8-22(18)30(23)33-29/h6-7,9,11,13-16,18,20,24-25H,8,10,12,17,19H2,1-5H3,(H,39,40);3-4,6,8,10-14,17,20-21,34H,5,7,9,15-16H2,1-2H3,(H,36,37)/b15-14+;12-11+/t24-,25+;20?,21-/m11/s1. The molecule has 2 aliphatic carbocycles. The number of aryl methyl sites for hydroxylation is 2. The summed E-state index contributed by atoms with van der Waals surface area (Å²) in [5.41, 5.74) is 13.7. The minimum absolute atomic E-state index is 0.00741. The fraction of sp³-hybridized carbons (Fsp3) is 0.364. The van der Waals surface area contributed by atoms with Crippen molar-refractivity contribution in [3.63, 3.8) is 0 Å². The number of nitrogens with zero attached hydrogens (tertiary/aromatic N) is 2. The molecule has 0 saturated carbocycles. The number of benzene rings is 4. The topological polar surface area (TPSA) is 182 Å². The average molecular weight is 1090 g/mol. The third kappa shape index (κ3) is 12.6. The summed E-state index contributed by atoms with van der Waals surface area (Å²) in [6.45, 7) is 13.5. The number of carboxylic acid groups (broad SMARTS) is 2. The number of aliphatic hydroxyl groups is 1. The van der Waals surface area contributed by atoms with Gasteiger partial charge in [-0.25, -0.2) is 18.4 Å². The summed E-state index contributed by atoms with van der Waals surface area (Å²) >= 11 is 0. The first kappa shape index (κ1) is 57.2. The smallest absolute Gasteiger partial charge is 0.338 e. The Hall–Kier alpha value is -7.52. The molecule has 0 amide bonds. The van der Waals surface area contributed by atoms with Crippen LogP contribution in [0.25, 0.3) is 56.9 Å². The van der Waals surface area contributed by atoms with Crippen LogP contribution in [0.5, 0.6) is 0 Å². The fourth-order valence-electron chi connectivity index (χ4n) is 11.7. The molecule has 4 aliphatic rings. The van der Waals surface area contributed by atoms with E-state index in [1.807, 2.05) is 70.2 Å². The molecular formula is C66H68F2N2O10. The Morgan fingerprint density at radius 2 is 1.15 bits per heavy atom. The molecule has 0 bridgehead atoms. The Morgan fingerprint density at radius 3 is 1.60 bits per heavy atom. The summed E-state index contributed by atoms with van der Waals surface area (Å²) < 4.78 is 46.7. The lowest BCUT2D eigenvalue weighted by Gasteiger charge is -2.39. The molecular weight excluding hydrogens is 1020 g/mol. The van der Waals surface area contributed by atoms with Gasteiger partial charge in [-0.3, -0.25) is 19.6 Å². The first-order valence-corrected chi connectivity index (χ1v) is 27.6. The molecule has 416 valence electrons. The second-order valence-corrected chi connectivity index (χ2v) is 22.3. The lowest BCUT2D eigenvalue weighted by atomic mass is 9.86. The van der Waals surface area contributed by atoms with E-state index in [1.54, 1.807) is 25.1 Å². The zero-order chi connectivity index (χ0) is 57.2. The molecule has 2 saturated heterocycles. The first-order valence-electron chi connectivity index (χ1n) is 27.6. The summed E-state index contributed by atoms with van der Waals surface area (Å²) in [6, 6.07) is 25.0. The molecule has 3 N–H and O–H groups in total. The lowest BCUT2D eigenvalue weighted by Crippen LogP contribution is -2.44. The number of hydrogen-bond donors (Lipinski definition) is 3. The summed E-state index contributed by atoms with van der Waals surface area (Å²) in [4.78, 5) is 58.0. The van der Waals surface area contributed by atoms with Crippen molar-refractivity contribution in [3.05, 3.63) is 165 Å². The maximum atomic E-state index is 14.6. The van der Waals surface area contributed by atoms with Crippen molar-refractivity contribution in [2.45, 2.75) is 155 Å². The normalized spacial score (nSPS) is 19.5. The minimum atomic E-state index is -1.33. The summed E-state index contributed by atoms with van der Waals surface area (Å²) in [5.74, 6) is -5.42. The number of Topliss-reactive ketones (excluding diaryl/α,β-unsaturated/α-hetero) is 1. The highest BCUT2D eigenvalue weighted by Crippen LogP contribution is 2.45. The molecule has 80 heavy (non-hydrogen) atoms. The molecule has 4 heterocycles. The number of fused-ring (bicyclic) bond motifs is 6. The molecule has 12 nitrogen and oxygen atoms in total. The van der Waals surface area contributed by atoms with E-state index >= 15 is 0 Å². The summed E-state index contributed by atoms with van der Waals surface area (Å²) in [7, 11) is 0. The van der Waals surface area contributed by atoms with Crippen LogP contribution in [0.3, 0.4) is 0 Å². The van der Waals surface area contributed by atoms with Gasteiger partial charge >= 0.3 is 17.9 Å². The number of cyclic esters (lactones) is 1. The summed E-state index contributed by atoms with van der Waals surface area (Å²) in [6.07, 6.45) is 11.8. The van der Waals surface area contributed by atoms with E-state index in [2.05, 4.69) is 38.1 Å². The minimum Gasteiger partial charge on any atom is -0.478 e. The maximum Gasteiger partial charge on any atom is 0.338 e. The number of hydrogen-bond acceptors (Lipinski definition) is 10. The number of esters is 1. The number of halogens is 2. The van der Waals surface area contributed by atoms with Crippen molar-refractivity contribution in [1.82, 2.24) is 9.97 Å². The van der Waals surface area contributed by atoms with E-state index < -0.39 is 53.1 Å². The van der Waals surface area contributed by atoms with Crippen LogP contribution in [-0.2, 0) is 49.5 Å². The van der Waals surface area contributed by atoms with E-state index in [9.17, 15) is 43.3 Å². The molecule has 1 unspecified atom stereocenters. The van der Waals surface area contributed by atoms with Crippen molar-refractivity contribution < 1.29 is 57.5 Å². The van der Waals surface area contributed by atoms with Crippen LogP contribution in [0, 0.1) is 11.6 Å². The number of rotatable bonds is 12. The van der Waals surface area contributed by atoms with Gasteiger partial charge in [0.15, 0.2) is 5.79 Å². The van der Waals surface area contributed by atoms with E-state index in [0.717, 1.165) is 99.4 Å². The summed E-state index contributed by atoms with van der Waals surface area (Å²) in [5, 5.41) is 29.5. The number of carbonyl (C=O) groups excluding carboxylic acids is 2. The highest BCUT2D eigenvalue weighted by molar-refractivity contribution is 5.94. The highest BCUT2D eigenvalue weighted by Gasteiger charge is 2.36. The van der Waals surface area contributed by atoms with Gasteiger partial charge in [0.1, 0.15) is 23.5 Å². The van der Waals surface area contributed by atoms with Crippen molar-refractivity contribution in [2.24, 2.45) is 0 Å². The molecule has 0 radical (unpaired) electrons. The van der Waals surface area contributed by atoms with E-state index in [0.29, 0.717) is 36.8 Å². The van der Waals surface area contributed by atoms with Gasteiger partial charge in [0.25, 0.3) is 0 Å². The van der Waals surface area contributed by atoms with Crippen LogP contribution in [0.1, 0.15) is 164 Å². The van der Waals surface area contributed by atoms with Gasteiger partial charge in [-0.15, -0.1) is 0 Å². The zero-order valence-corrected chi connectivity index (χ0v) is 46.3. The second-order valence-electron chi connectivity index (χ2n) is 22.3. The number of aromatic nitrogens is 2. The molecule has 2 aromatic heterocycles. The molecule has 2 fully saturated rings. The molecule has 4 aromatic carbocycles. The van der Waals surface area contributed by atoms with Crippen LogP contribution >= 0.6 is 0 Å². The Kier molecular flexibility index (Phi) is 17.2. The van der Waals surface area contributed by atoms with Crippen molar-refractivity contribution in [3.8, 4) is 44.8 Å². The Bertz CT molecular complexity index is 3450. The maximum absolute atomic E-state index is 14.6. The van der Waals surface area contributed by atoms with Crippen LogP contribution < -0.4 is 0 Å². The number of carbonyl (C=O) groups is 4. The third-order valence-electron chi connectivity index (χ3n) is 15.1. The first-order chi connectivity index (χ1) is 38.2. The van der Waals surface area contributed by atoms with Gasteiger partial charge in [-0.05, 0) is 146 Å². The van der Waals surface area contributed by atoms with E-state index in [-0.39, 0.29) is 41.8 Å². The van der Waals surface area contributed by atoms with Gasteiger partial charge in [0.05, 0.1) is 58.6 Å². The number of pyridine rings is 2. The quantitative estimate of drug-likeness (QED) is 0.0988. The van der Waals surface area contributed by atoms with Crippen molar-refractivity contribution in [2.75, 3.05) is 0 Å². The molecule has 14 heteroatoms. The molecule has 2 aliphatic heterocycles. The predicted octanol–water partition coefficient (Wildman–Crippen LogP) is 13.7. The lowest BCUT2D eigenvalue weighted by molar-refractivity contribution is -0.289. The third-order valence-corrected chi connectivity index (χ3v) is 15.1. The van der Waals surface area contributed by atoms with Crippen LogP contribution in [0.15, 0.2) is 97.1 Å². The average Bonchev–Trinajstić information content (AvgIpc) is 3.74. The van der Waals surface area contributed by atoms with Crippen LogP contribution in [0.2, 0.25) is 0 Å². The monoisotopic (exact) mass is 1090 g/mol. The van der Waals surface area contributed by atoms with Crippen molar-refractivity contribution >= 4 is 35.8 Å². The number of carboxylic acids is 2. The van der Waals surface area contributed by atoms with Gasteiger partial charge in [0.2, 0.25) is 0 Å². The second kappa shape index (κ2) is 24.1. The van der Waals surface area contributed by atoms with E-state index in [4.69, 9.17) is 24.2 Å². The Balaban J connectivity index is 0.000000195. The largest absolute Gasteiger partial charge is 0.478 e. The molecule has 6 aromatic rings. The van der Waals surface area contributed by atoms with Crippen LogP contribution in [0.4, 0.5) is 8.78 Å². The number of aliphatic hydroxyl groups excluding tert-OH is 1. The highest BCUT2D eigenvalue weighted by atomic mass is 19.1. The van der Waals surface area contributed by atoms with Gasteiger partial charge < -0.3 is 29.5 Å². The number of ether oxygens (including phenoxy) is 3. The predicted molar refractivity (Wildman–Crippen MR) is 303 cm³/mol. The Labute approximate surface area is 465 Å². The van der Waals surface area contributed by atoms with Gasteiger partial charge in [-0.2, -0.15) is 0 Å². The number of ketones is 1. The van der Waals surface area contributed by atoms with E-state index in [1.165, 1.54) is 35.4 Å². The van der Waals surface area contributed by atoms with Crippen LogP contribution in [-0.4, -0.2) is 79.2 Å². The Morgan fingerprint density at radius 1 is 0.675 bits per heavy atom. The van der Waals surface area contributed by atoms with Crippen molar-refractivity contribution in [1.29, 1.82) is 0 Å². The molecule has 0 spiro atoms. The van der Waals surface area contributed by atoms with Gasteiger partial charge in [0, 0.05) is 41.5 Å².